The Kier molecular flexibility index (Phi) is 4.96. The maximum atomic E-state index is 4.70. The monoisotopic (exact) mass is 290 g/mol. The minimum atomic E-state index is 0.831. The summed E-state index contributed by atoms with van der Waals surface area (Å²) >= 11 is 0. The van der Waals surface area contributed by atoms with Crippen LogP contribution in [0.2, 0.25) is 0 Å². The molecule has 0 aromatic carbocycles. The fourth-order valence-electron chi connectivity index (χ4n) is 3.49. The molecule has 2 fully saturated rings. The van der Waals surface area contributed by atoms with Gasteiger partial charge in [-0.2, -0.15) is 5.10 Å². The molecule has 1 aromatic rings. The van der Waals surface area contributed by atoms with Gasteiger partial charge in [-0.15, -0.1) is 0 Å². The molecule has 1 atom stereocenters. The first-order valence-corrected chi connectivity index (χ1v) is 8.80. The van der Waals surface area contributed by atoms with Gasteiger partial charge >= 0.3 is 0 Å². The molecule has 0 bridgehead atoms. The lowest BCUT2D eigenvalue weighted by Crippen LogP contribution is -2.39. The summed E-state index contributed by atoms with van der Waals surface area (Å²) in [6, 6.07) is 3.15. The summed E-state index contributed by atoms with van der Waals surface area (Å²) in [6.07, 6.45) is 6.55. The third-order valence-corrected chi connectivity index (χ3v) is 4.90. The van der Waals surface area contributed by atoms with Crippen LogP contribution in [0.1, 0.15) is 50.9 Å². The fourth-order valence-corrected chi connectivity index (χ4v) is 3.49. The average Bonchev–Trinajstić information content (AvgIpc) is 3.29. The summed E-state index contributed by atoms with van der Waals surface area (Å²) in [4.78, 5) is 2.72. The molecule has 0 spiro atoms. The molecule has 1 N–H and O–H groups in total. The number of aromatic nitrogens is 2. The lowest BCUT2D eigenvalue weighted by Gasteiger charge is -2.30. The van der Waals surface area contributed by atoms with Crippen molar-refractivity contribution in [3.05, 3.63) is 17.5 Å². The molecule has 2 aliphatic rings. The van der Waals surface area contributed by atoms with Crippen molar-refractivity contribution >= 4 is 0 Å². The van der Waals surface area contributed by atoms with E-state index in [0.29, 0.717) is 0 Å². The van der Waals surface area contributed by atoms with Crippen molar-refractivity contribution in [2.75, 3.05) is 19.6 Å². The van der Waals surface area contributed by atoms with Crippen LogP contribution in [-0.4, -0.2) is 40.4 Å². The van der Waals surface area contributed by atoms with E-state index in [4.69, 9.17) is 5.10 Å². The second-order valence-electron chi connectivity index (χ2n) is 6.67. The summed E-state index contributed by atoms with van der Waals surface area (Å²) in [7, 11) is 0. The van der Waals surface area contributed by atoms with Gasteiger partial charge in [0.1, 0.15) is 0 Å². The van der Waals surface area contributed by atoms with Crippen LogP contribution in [0, 0.1) is 5.92 Å². The molecule has 2 heterocycles. The maximum absolute atomic E-state index is 4.70. The zero-order valence-electron chi connectivity index (χ0n) is 13.6. The molecule has 4 heteroatoms. The fraction of sp³-hybridized carbons (Fsp3) is 0.824. The van der Waals surface area contributed by atoms with Crippen LogP contribution in [0.25, 0.3) is 0 Å². The number of nitrogens with zero attached hydrogens (tertiary/aromatic N) is 3. The number of aryl methyl sites for hydroxylation is 2. The van der Waals surface area contributed by atoms with Gasteiger partial charge in [-0.25, -0.2) is 0 Å². The summed E-state index contributed by atoms with van der Waals surface area (Å²) in [5, 5.41) is 8.26. The molecule has 1 aromatic heterocycles. The van der Waals surface area contributed by atoms with E-state index in [1.807, 2.05) is 0 Å². The van der Waals surface area contributed by atoms with Crippen molar-refractivity contribution in [3.8, 4) is 0 Å². The van der Waals surface area contributed by atoms with Crippen LogP contribution in [-0.2, 0) is 19.5 Å². The minimum absolute atomic E-state index is 0.831. The Morgan fingerprint density at radius 2 is 2.19 bits per heavy atom. The highest BCUT2D eigenvalue weighted by Crippen LogP contribution is 2.30. The van der Waals surface area contributed by atoms with Crippen molar-refractivity contribution < 1.29 is 0 Å². The Labute approximate surface area is 128 Å². The van der Waals surface area contributed by atoms with Gasteiger partial charge in [-0.3, -0.25) is 9.58 Å². The van der Waals surface area contributed by atoms with Crippen LogP contribution < -0.4 is 5.32 Å². The van der Waals surface area contributed by atoms with Crippen LogP contribution in [0.4, 0.5) is 0 Å². The lowest BCUT2D eigenvalue weighted by atomic mass is 9.99. The van der Waals surface area contributed by atoms with E-state index in [1.54, 1.807) is 0 Å². The molecule has 0 radical (unpaired) electrons. The van der Waals surface area contributed by atoms with E-state index in [9.17, 15) is 0 Å². The van der Waals surface area contributed by atoms with Gasteiger partial charge in [0.15, 0.2) is 0 Å². The van der Waals surface area contributed by atoms with Gasteiger partial charge in [0.25, 0.3) is 0 Å². The number of rotatable bonds is 7. The predicted octanol–water partition coefficient (Wildman–Crippen LogP) is 2.43. The Balaban J connectivity index is 1.65. The molecular formula is C17H30N4. The quantitative estimate of drug-likeness (QED) is 0.837. The zero-order valence-corrected chi connectivity index (χ0v) is 13.6. The average molecular weight is 290 g/mol. The van der Waals surface area contributed by atoms with Crippen molar-refractivity contribution in [1.29, 1.82) is 0 Å². The van der Waals surface area contributed by atoms with Crippen LogP contribution in [0.3, 0.4) is 0 Å². The van der Waals surface area contributed by atoms with Gasteiger partial charge in [-0.05, 0) is 64.1 Å². The second-order valence-corrected chi connectivity index (χ2v) is 6.67. The second kappa shape index (κ2) is 6.93. The minimum Gasteiger partial charge on any atom is -0.316 e. The summed E-state index contributed by atoms with van der Waals surface area (Å²) in [6.45, 7) is 10.1. The topological polar surface area (TPSA) is 33.1 Å². The zero-order chi connectivity index (χ0) is 14.7. The maximum Gasteiger partial charge on any atom is 0.0625 e. The number of piperidine rings is 1. The first kappa shape index (κ1) is 15.0. The van der Waals surface area contributed by atoms with E-state index in [0.717, 1.165) is 31.5 Å². The van der Waals surface area contributed by atoms with Gasteiger partial charge in [0.2, 0.25) is 0 Å². The Morgan fingerprint density at radius 3 is 2.81 bits per heavy atom. The van der Waals surface area contributed by atoms with Crippen LogP contribution >= 0.6 is 0 Å². The van der Waals surface area contributed by atoms with Gasteiger partial charge in [0.05, 0.1) is 11.4 Å². The summed E-state index contributed by atoms with van der Waals surface area (Å²) in [5.41, 5.74) is 2.65. The standard InChI is InChI=1S/C17H30N4/c1-3-15-10-17(21(4-2)19-15)13-20(16-7-8-16)12-14-6-5-9-18-11-14/h10,14,16,18H,3-9,11-13H2,1-2H3. The molecule has 4 nitrogen and oxygen atoms in total. The van der Waals surface area contributed by atoms with E-state index in [-0.39, 0.29) is 0 Å². The van der Waals surface area contributed by atoms with Crippen LogP contribution in [0.5, 0.6) is 0 Å². The third-order valence-electron chi connectivity index (χ3n) is 4.90. The Morgan fingerprint density at radius 1 is 1.33 bits per heavy atom. The van der Waals surface area contributed by atoms with Crippen molar-refractivity contribution in [1.82, 2.24) is 20.0 Å². The number of nitrogens with one attached hydrogen (secondary N) is 1. The molecule has 1 unspecified atom stereocenters. The van der Waals surface area contributed by atoms with Crippen molar-refractivity contribution in [2.45, 2.75) is 65.1 Å². The SMILES string of the molecule is CCc1cc(CN(CC2CCCNC2)C2CC2)n(CC)n1. The normalized spacial score (nSPS) is 22.9. The first-order valence-electron chi connectivity index (χ1n) is 8.80. The highest BCUT2D eigenvalue weighted by atomic mass is 15.3. The largest absolute Gasteiger partial charge is 0.316 e. The molecule has 21 heavy (non-hydrogen) atoms. The first-order chi connectivity index (χ1) is 10.3. The van der Waals surface area contributed by atoms with Crippen LogP contribution in [0.15, 0.2) is 6.07 Å². The van der Waals surface area contributed by atoms with Gasteiger partial charge in [-0.1, -0.05) is 6.92 Å². The molecule has 0 amide bonds. The summed E-state index contributed by atoms with van der Waals surface area (Å²) in [5.74, 6) is 0.836. The molecule has 118 valence electrons. The van der Waals surface area contributed by atoms with Crippen molar-refractivity contribution in [3.63, 3.8) is 0 Å². The predicted molar refractivity (Wildman–Crippen MR) is 86.3 cm³/mol. The van der Waals surface area contributed by atoms with E-state index >= 15 is 0 Å². The highest BCUT2D eigenvalue weighted by Gasteiger charge is 2.31. The van der Waals surface area contributed by atoms with Crippen molar-refractivity contribution in [2.24, 2.45) is 5.92 Å². The summed E-state index contributed by atoms with van der Waals surface area (Å²) < 4.78 is 2.20. The molecule has 1 aliphatic heterocycles. The molecular weight excluding hydrogens is 260 g/mol. The Hall–Kier alpha value is -0.870. The van der Waals surface area contributed by atoms with E-state index < -0.39 is 0 Å². The molecule has 3 rings (SSSR count). The Bertz CT molecular complexity index is 444. The lowest BCUT2D eigenvalue weighted by molar-refractivity contribution is 0.188. The number of hydrogen-bond donors (Lipinski definition) is 1. The highest BCUT2D eigenvalue weighted by molar-refractivity contribution is 5.11. The molecule has 1 saturated heterocycles. The number of hydrogen-bond acceptors (Lipinski definition) is 3. The van der Waals surface area contributed by atoms with E-state index in [2.05, 4.69) is 34.8 Å². The van der Waals surface area contributed by atoms with E-state index in [1.165, 1.54) is 56.7 Å². The molecule has 1 aliphatic carbocycles. The third kappa shape index (κ3) is 3.86. The van der Waals surface area contributed by atoms with Gasteiger partial charge in [0, 0.05) is 25.7 Å². The van der Waals surface area contributed by atoms with Gasteiger partial charge < -0.3 is 5.32 Å². The molecule has 1 saturated carbocycles. The smallest absolute Gasteiger partial charge is 0.0625 e.